The van der Waals surface area contributed by atoms with Crippen LogP contribution in [0.2, 0.25) is 0 Å². The minimum absolute atomic E-state index is 0.296. The molecule has 3 aromatic carbocycles. The lowest BCUT2D eigenvalue weighted by Crippen LogP contribution is -2.35. The molecule has 0 bridgehead atoms. The van der Waals surface area contributed by atoms with Gasteiger partial charge in [0.2, 0.25) is 0 Å². The summed E-state index contributed by atoms with van der Waals surface area (Å²) >= 11 is 0. The zero-order valence-corrected chi connectivity index (χ0v) is 18.8. The van der Waals surface area contributed by atoms with Gasteiger partial charge in [-0.25, -0.2) is 0 Å². The smallest absolute Gasteiger partial charge is 0.143 e. The Morgan fingerprint density at radius 3 is 1.55 bits per heavy atom. The van der Waals surface area contributed by atoms with Crippen LogP contribution in [0.4, 0.5) is 0 Å². The van der Waals surface area contributed by atoms with Gasteiger partial charge in [0.05, 0.1) is 27.4 Å². The number of rotatable bonds is 11. The summed E-state index contributed by atoms with van der Waals surface area (Å²) in [7, 11) is 5.09. The molecule has 0 aliphatic carbocycles. The van der Waals surface area contributed by atoms with E-state index in [1.54, 1.807) is 21.3 Å². The average Bonchev–Trinajstić information content (AvgIpc) is 2.85. The van der Waals surface area contributed by atoms with Crippen LogP contribution in [-0.4, -0.2) is 34.5 Å². The molecule has 0 radical (unpaired) electrons. The monoisotopic (exact) mass is 420 g/mol. The van der Waals surface area contributed by atoms with Gasteiger partial charge < -0.3 is 18.9 Å². The van der Waals surface area contributed by atoms with E-state index in [0.29, 0.717) is 19.1 Å². The summed E-state index contributed by atoms with van der Waals surface area (Å²) in [6, 6.07) is 26.6. The predicted octanol–water partition coefficient (Wildman–Crippen LogP) is 5.68. The van der Waals surface area contributed by atoms with Gasteiger partial charge in [0.15, 0.2) is 0 Å². The van der Waals surface area contributed by atoms with Crippen LogP contribution < -0.4 is 9.47 Å². The average molecular weight is 421 g/mol. The summed E-state index contributed by atoms with van der Waals surface area (Å²) in [6.45, 7) is 3.39. The fourth-order valence-electron chi connectivity index (χ4n) is 3.84. The van der Waals surface area contributed by atoms with Crippen LogP contribution in [0.3, 0.4) is 0 Å². The highest BCUT2D eigenvalue weighted by Crippen LogP contribution is 2.42. The van der Waals surface area contributed by atoms with Crippen LogP contribution in [0.5, 0.6) is 11.5 Å². The van der Waals surface area contributed by atoms with Gasteiger partial charge in [-0.05, 0) is 47.4 Å². The fourth-order valence-corrected chi connectivity index (χ4v) is 3.84. The third kappa shape index (κ3) is 5.09. The van der Waals surface area contributed by atoms with Crippen molar-refractivity contribution in [3.8, 4) is 11.5 Å². The van der Waals surface area contributed by atoms with Crippen LogP contribution in [-0.2, 0) is 15.1 Å². The van der Waals surface area contributed by atoms with E-state index >= 15 is 0 Å². The van der Waals surface area contributed by atoms with Gasteiger partial charge in [0.1, 0.15) is 17.1 Å². The second kappa shape index (κ2) is 11.0. The lowest BCUT2D eigenvalue weighted by atomic mass is 9.80. The van der Waals surface area contributed by atoms with Gasteiger partial charge in [0.25, 0.3) is 0 Å². The summed E-state index contributed by atoms with van der Waals surface area (Å²) < 4.78 is 23.1. The van der Waals surface area contributed by atoms with Crippen molar-refractivity contribution in [3.05, 3.63) is 95.6 Å². The molecule has 0 N–H and O–H groups in total. The van der Waals surface area contributed by atoms with Crippen molar-refractivity contribution in [2.45, 2.75) is 18.9 Å². The number of hydrogen-bond donors (Lipinski definition) is 0. The normalized spacial score (nSPS) is 12.4. The molecule has 0 amide bonds. The number of hydrogen-bond acceptors (Lipinski definition) is 4. The van der Waals surface area contributed by atoms with Gasteiger partial charge >= 0.3 is 0 Å². The van der Waals surface area contributed by atoms with E-state index in [1.165, 1.54) is 0 Å². The Morgan fingerprint density at radius 2 is 1.13 bits per heavy atom. The van der Waals surface area contributed by atoms with Gasteiger partial charge in [-0.15, -0.1) is 0 Å². The Bertz CT molecular complexity index is 857. The number of methoxy groups -OCH3 is 3. The van der Waals surface area contributed by atoms with Crippen molar-refractivity contribution in [1.29, 1.82) is 0 Å². The second-order valence-corrected chi connectivity index (χ2v) is 7.54. The van der Waals surface area contributed by atoms with E-state index < -0.39 is 5.60 Å². The van der Waals surface area contributed by atoms with Crippen LogP contribution in [0.25, 0.3) is 0 Å². The molecule has 1 atom stereocenters. The van der Waals surface area contributed by atoms with E-state index in [4.69, 9.17) is 18.9 Å². The Kier molecular flexibility index (Phi) is 8.10. The zero-order valence-electron chi connectivity index (χ0n) is 18.8. The zero-order chi connectivity index (χ0) is 22.1. The Balaban J connectivity index is 2.17. The minimum Gasteiger partial charge on any atom is -0.497 e. The van der Waals surface area contributed by atoms with Crippen LogP contribution >= 0.6 is 0 Å². The summed E-state index contributed by atoms with van der Waals surface area (Å²) in [5, 5.41) is 0. The molecule has 164 valence electrons. The lowest BCUT2D eigenvalue weighted by Gasteiger charge is -2.37. The maximum atomic E-state index is 6.88. The quantitative estimate of drug-likeness (QED) is 0.374. The second-order valence-electron chi connectivity index (χ2n) is 7.54. The van der Waals surface area contributed by atoms with Crippen molar-refractivity contribution >= 4 is 0 Å². The van der Waals surface area contributed by atoms with Crippen LogP contribution in [0.1, 0.15) is 30.0 Å². The number of benzene rings is 3. The molecule has 4 heteroatoms. The molecule has 0 aromatic heterocycles. The highest BCUT2D eigenvalue weighted by molar-refractivity contribution is 5.49. The van der Waals surface area contributed by atoms with E-state index in [0.717, 1.165) is 34.6 Å². The van der Waals surface area contributed by atoms with E-state index in [2.05, 4.69) is 43.3 Å². The number of ether oxygens (including phenoxy) is 4. The molecule has 0 aliphatic rings. The molecule has 3 aromatic rings. The Morgan fingerprint density at radius 1 is 0.645 bits per heavy atom. The maximum Gasteiger partial charge on any atom is 0.143 e. The highest BCUT2D eigenvalue weighted by atomic mass is 16.5. The maximum absolute atomic E-state index is 6.88. The summed E-state index contributed by atoms with van der Waals surface area (Å²) in [5.41, 5.74) is 2.37. The van der Waals surface area contributed by atoms with Gasteiger partial charge in [0, 0.05) is 13.0 Å². The fraction of sp³-hybridized carbons (Fsp3) is 0.333. The molecule has 1 unspecified atom stereocenters. The molecule has 0 fully saturated rings. The summed E-state index contributed by atoms with van der Waals surface area (Å²) in [6.07, 6.45) is 0.976. The van der Waals surface area contributed by atoms with Crippen molar-refractivity contribution in [3.63, 3.8) is 0 Å². The molecule has 0 aliphatic heterocycles. The van der Waals surface area contributed by atoms with Gasteiger partial charge in [-0.1, -0.05) is 61.5 Å². The van der Waals surface area contributed by atoms with E-state index in [1.807, 2.05) is 42.5 Å². The largest absolute Gasteiger partial charge is 0.497 e. The first-order valence-electron chi connectivity index (χ1n) is 10.6. The van der Waals surface area contributed by atoms with Gasteiger partial charge in [-0.2, -0.15) is 0 Å². The van der Waals surface area contributed by atoms with Crippen LogP contribution in [0, 0.1) is 5.92 Å². The first kappa shape index (κ1) is 22.9. The summed E-state index contributed by atoms with van der Waals surface area (Å²) in [4.78, 5) is 0. The molecule has 3 rings (SSSR count). The Labute approximate surface area is 185 Å². The lowest BCUT2D eigenvalue weighted by molar-refractivity contribution is -0.0237. The van der Waals surface area contributed by atoms with Crippen LogP contribution in [0.15, 0.2) is 78.9 Å². The third-order valence-corrected chi connectivity index (χ3v) is 5.69. The van der Waals surface area contributed by atoms with Crippen molar-refractivity contribution < 1.29 is 18.9 Å². The molecule has 0 heterocycles. The van der Waals surface area contributed by atoms with Crippen molar-refractivity contribution in [2.75, 3.05) is 34.5 Å². The Hall–Kier alpha value is -2.82. The van der Waals surface area contributed by atoms with Crippen molar-refractivity contribution in [2.24, 2.45) is 5.92 Å². The summed E-state index contributed by atoms with van der Waals surface area (Å²) in [5.74, 6) is 1.92. The van der Waals surface area contributed by atoms with E-state index in [9.17, 15) is 0 Å². The molecule has 0 saturated heterocycles. The van der Waals surface area contributed by atoms with E-state index in [-0.39, 0.29) is 0 Å². The molecule has 31 heavy (non-hydrogen) atoms. The minimum atomic E-state index is -0.777. The topological polar surface area (TPSA) is 36.9 Å². The SMILES string of the molecule is CCC(COC)COC(c1ccccc1)(c1ccc(OC)cc1)c1ccc(OC)cc1. The highest BCUT2D eigenvalue weighted by Gasteiger charge is 2.38. The first-order valence-corrected chi connectivity index (χ1v) is 10.6. The molecule has 4 nitrogen and oxygen atoms in total. The first-order chi connectivity index (χ1) is 15.2. The van der Waals surface area contributed by atoms with Gasteiger partial charge in [-0.3, -0.25) is 0 Å². The molecular weight excluding hydrogens is 388 g/mol. The van der Waals surface area contributed by atoms with Crippen molar-refractivity contribution in [1.82, 2.24) is 0 Å². The predicted molar refractivity (Wildman–Crippen MR) is 124 cm³/mol. The molecule has 0 saturated carbocycles. The third-order valence-electron chi connectivity index (χ3n) is 5.69. The molecule has 0 spiro atoms. The standard InChI is InChI=1S/C27H32O4/c1-5-21(19-28-2)20-31-27(22-9-7-6-8-10-22,23-11-15-25(29-3)16-12-23)24-13-17-26(30-4)18-14-24/h6-18,21H,5,19-20H2,1-4H3. The molecular formula is C27H32O4.